The molecule has 0 spiro atoms. The van der Waals surface area contributed by atoms with Crippen LogP contribution in [0.15, 0.2) is 69.3 Å². The Labute approximate surface area is 174 Å². The van der Waals surface area contributed by atoms with Crippen LogP contribution in [-0.2, 0) is 4.79 Å². The fourth-order valence-corrected chi connectivity index (χ4v) is 3.25. The lowest BCUT2D eigenvalue weighted by molar-refractivity contribution is -0.113. The van der Waals surface area contributed by atoms with E-state index in [9.17, 15) is 4.79 Å². The summed E-state index contributed by atoms with van der Waals surface area (Å²) in [6.07, 6.45) is 0. The number of hydrogen-bond donors (Lipinski definition) is 3. The van der Waals surface area contributed by atoms with Crippen molar-refractivity contribution in [3.63, 3.8) is 0 Å². The molecule has 0 saturated carbocycles. The number of carbonyl (C=O) groups excluding carboxylic acids is 1. The Bertz CT molecular complexity index is 991. The van der Waals surface area contributed by atoms with E-state index in [-0.39, 0.29) is 17.6 Å². The Morgan fingerprint density at radius 1 is 1.18 bits per heavy atom. The van der Waals surface area contributed by atoms with Crippen molar-refractivity contribution in [2.45, 2.75) is 12.1 Å². The molecule has 10 heteroatoms. The molecule has 1 aromatic heterocycles. The van der Waals surface area contributed by atoms with E-state index < -0.39 is 0 Å². The first-order valence-corrected chi connectivity index (χ1v) is 10.1. The predicted octanol–water partition coefficient (Wildman–Crippen LogP) is 3.32. The molecule has 0 saturated heterocycles. The number of carbonyl (C=O) groups is 1. The normalized spacial score (nSPS) is 11.3. The van der Waals surface area contributed by atoms with Gasteiger partial charge in [0.15, 0.2) is 0 Å². The second-order valence-corrected chi connectivity index (χ2v) is 7.46. The van der Waals surface area contributed by atoms with Gasteiger partial charge in [-0.2, -0.15) is 5.10 Å². The van der Waals surface area contributed by atoms with Crippen LogP contribution < -0.4 is 16.6 Å². The largest absolute Gasteiger partial charge is 0.334 e. The molecule has 4 N–H and O–H groups in total. The Morgan fingerprint density at radius 3 is 2.64 bits per heavy atom. The zero-order valence-corrected chi connectivity index (χ0v) is 17.4. The summed E-state index contributed by atoms with van der Waals surface area (Å²) in [5, 5.41) is 15.5. The highest BCUT2D eigenvalue weighted by atomic mass is 79.9. The number of aromatic nitrogens is 3. The minimum atomic E-state index is -0.174. The fourth-order valence-electron chi connectivity index (χ4n) is 2.21. The van der Waals surface area contributed by atoms with Crippen molar-refractivity contribution >= 4 is 50.9 Å². The molecule has 1 heterocycles. The van der Waals surface area contributed by atoms with E-state index in [1.165, 1.54) is 16.4 Å². The second kappa shape index (κ2) is 9.38. The van der Waals surface area contributed by atoms with Crippen molar-refractivity contribution in [3.8, 4) is 0 Å². The van der Waals surface area contributed by atoms with Crippen molar-refractivity contribution in [1.82, 2.24) is 14.9 Å². The third kappa shape index (κ3) is 5.11. The van der Waals surface area contributed by atoms with Gasteiger partial charge in [0.2, 0.25) is 11.1 Å². The van der Waals surface area contributed by atoms with Crippen LogP contribution in [0, 0.1) is 0 Å². The number of hydrogen-bond acceptors (Lipinski definition) is 7. The molecular formula is C18H18BrN7OS. The first-order valence-electron chi connectivity index (χ1n) is 8.28. The maximum Gasteiger partial charge on any atom is 0.264 e. The van der Waals surface area contributed by atoms with Crippen molar-refractivity contribution in [3.05, 3.63) is 64.6 Å². The summed E-state index contributed by atoms with van der Waals surface area (Å²) in [4.78, 5) is 12.1. The van der Waals surface area contributed by atoms with E-state index in [0.717, 1.165) is 15.7 Å². The summed E-state index contributed by atoms with van der Waals surface area (Å²) in [7, 11) is 0. The quantitative estimate of drug-likeness (QED) is 0.216. The van der Waals surface area contributed by atoms with E-state index in [4.69, 9.17) is 5.84 Å². The van der Waals surface area contributed by atoms with Gasteiger partial charge in [0, 0.05) is 4.47 Å². The third-order valence-electron chi connectivity index (χ3n) is 3.66. The fraction of sp³-hybridized carbons (Fsp3) is 0.111. The topological polar surface area (TPSA) is 110 Å². The summed E-state index contributed by atoms with van der Waals surface area (Å²) in [6.45, 7) is 1.88. The highest BCUT2D eigenvalue weighted by molar-refractivity contribution is 9.10. The molecule has 0 radical (unpaired) electrons. The maximum absolute atomic E-state index is 12.1. The molecule has 1 amide bonds. The van der Waals surface area contributed by atoms with Gasteiger partial charge >= 0.3 is 0 Å². The van der Waals surface area contributed by atoms with Gasteiger partial charge in [-0.3, -0.25) is 4.79 Å². The van der Waals surface area contributed by atoms with Gasteiger partial charge in [-0.25, -0.2) is 10.1 Å². The molecular weight excluding hydrogens is 442 g/mol. The molecule has 28 heavy (non-hydrogen) atoms. The lowest BCUT2D eigenvalue weighted by Gasteiger charge is -2.07. The zero-order chi connectivity index (χ0) is 19.9. The zero-order valence-electron chi connectivity index (χ0n) is 15.0. The summed E-state index contributed by atoms with van der Waals surface area (Å²) < 4.78 is 2.08. The van der Waals surface area contributed by atoms with Crippen LogP contribution in [0.2, 0.25) is 0 Å². The highest BCUT2D eigenvalue weighted by Crippen LogP contribution is 2.22. The number of thioether (sulfide) groups is 1. The van der Waals surface area contributed by atoms with E-state index >= 15 is 0 Å². The SMILES string of the molecule is C/C(=N\Nc1nnc(SCC(=O)Nc2ccccc2Br)n1N)c1ccccc1. The van der Waals surface area contributed by atoms with Crippen LogP contribution in [0.3, 0.4) is 0 Å². The number of amides is 1. The summed E-state index contributed by atoms with van der Waals surface area (Å²) in [5.74, 6) is 6.24. The lowest BCUT2D eigenvalue weighted by atomic mass is 10.1. The van der Waals surface area contributed by atoms with Gasteiger partial charge in [-0.15, -0.1) is 10.2 Å². The van der Waals surface area contributed by atoms with Crippen LogP contribution in [0.4, 0.5) is 11.6 Å². The maximum atomic E-state index is 12.1. The Hall–Kier alpha value is -2.85. The molecule has 144 valence electrons. The third-order valence-corrected chi connectivity index (χ3v) is 5.29. The van der Waals surface area contributed by atoms with Gasteiger partial charge in [0.25, 0.3) is 5.95 Å². The number of halogens is 1. The first kappa shape index (κ1) is 19.9. The Kier molecular flexibility index (Phi) is 6.66. The number of hydrazone groups is 1. The minimum Gasteiger partial charge on any atom is -0.334 e. The summed E-state index contributed by atoms with van der Waals surface area (Å²) in [6, 6.07) is 17.1. The average Bonchev–Trinajstić information content (AvgIpc) is 3.06. The number of nitrogen functional groups attached to an aromatic ring is 1. The number of benzene rings is 2. The van der Waals surface area contributed by atoms with Gasteiger partial charge < -0.3 is 11.2 Å². The predicted molar refractivity (Wildman–Crippen MR) is 116 cm³/mol. The number of rotatable bonds is 7. The molecule has 0 unspecified atom stereocenters. The number of para-hydroxylation sites is 1. The lowest BCUT2D eigenvalue weighted by Crippen LogP contribution is -2.17. The van der Waals surface area contributed by atoms with Crippen molar-refractivity contribution in [2.75, 3.05) is 22.3 Å². The number of nitrogens with zero attached hydrogens (tertiary/aromatic N) is 4. The molecule has 2 aromatic carbocycles. The molecule has 8 nitrogen and oxygen atoms in total. The smallest absolute Gasteiger partial charge is 0.264 e. The van der Waals surface area contributed by atoms with Gasteiger partial charge in [0.1, 0.15) is 0 Å². The molecule has 3 aromatic rings. The summed E-state index contributed by atoms with van der Waals surface area (Å²) >= 11 is 4.57. The second-order valence-electron chi connectivity index (χ2n) is 5.67. The number of nitrogens with two attached hydrogens (primary N) is 1. The minimum absolute atomic E-state index is 0.142. The monoisotopic (exact) mass is 459 g/mol. The van der Waals surface area contributed by atoms with E-state index in [1.807, 2.05) is 61.5 Å². The first-order chi connectivity index (χ1) is 13.5. The standard InChI is InChI=1S/C18H18BrN7OS/c1-12(13-7-3-2-4-8-13)22-23-17-24-25-18(26(17)20)28-11-16(27)21-15-10-6-5-9-14(15)19/h2-10H,11,20H2,1H3,(H,21,27)(H,23,24)/b22-12+. The van der Waals surface area contributed by atoms with Crippen LogP contribution in [0.5, 0.6) is 0 Å². The average molecular weight is 460 g/mol. The van der Waals surface area contributed by atoms with Crippen LogP contribution in [-0.4, -0.2) is 32.2 Å². The summed E-state index contributed by atoms with van der Waals surface area (Å²) in [5.41, 5.74) is 5.27. The van der Waals surface area contributed by atoms with E-state index in [0.29, 0.717) is 10.8 Å². The molecule has 0 aliphatic heterocycles. The molecule has 0 fully saturated rings. The van der Waals surface area contributed by atoms with Crippen molar-refractivity contribution < 1.29 is 4.79 Å². The van der Waals surface area contributed by atoms with Crippen LogP contribution in [0.1, 0.15) is 12.5 Å². The van der Waals surface area contributed by atoms with Crippen molar-refractivity contribution in [2.24, 2.45) is 5.10 Å². The van der Waals surface area contributed by atoms with Gasteiger partial charge in [-0.1, -0.05) is 54.2 Å². The van der Waals surface area contributed by atoms with Crippen LogP contribution >= 0.6 is 27.7 Å². The van der Waals surface area contributed by atoms with E-state index in [1.54, 1.807) is 0 Å². The molecule has 0 atom stereocenters. The van der Waals surface area contributed by atoms with Crippen LogP contribution in [0.25, 0.3) is 0 Å². The number of nitrogens with one attached hydrogen (secondary N) is 2. The molecule has 0 aliphatic carbocycles. The molecule has 0 bridgehead atoms. The molecule has 0 aliphatic rings. The Morgan fingerprint density at radius 2 is 1.89 bits per heavy atom. The highest BCUT2D eigenvalue weighted by Gasteiger charge is 2.13. The Balaban J connectivity index is 1.57. The number of anilines is 2. The van der Waals surface area contributed by atoms with Crippen molar-refractivity contribution in [1.29, 1.82) is 0 Å². The van der Waals surface area contributed by atoms with Gasteiger partial charge in [-0.05, 0) is 40.5 Å². The molecule has 3 rings (SSSR count). The van der Waals surface area contributed by atoms with E-state index in [2.05, 4.69) is 42.0 Å². The van der Waals surface area contributed by atoms with Gasteiger partial charge in [0.05, 0.1) is 17.2 Å².